The molecule has 5 nitrogen and oxygen atoms in total. The first kappa shape index (κ1) is 13.3. The Kier molecular flexibility index (Phi) is 3.06. The highest BCUT2D eigenvalue weighted by Crippen LogP contribution is 2.38. The van der Waals surface area contributed by atoms with Gasteiger partial charge in [-0.3, -0.25) is 4.79 Å². The van der Waals surface area contributed by atoms with Crippen LogP contribution in [0.3, 0.4) is 0 Å². The van der Waals surface area contributed by atoms with Gasteiger partial charge in [0.25, 0.3) is 5.91 Å². The van der Waals surface area contributed by atoms with Crippen molar-refractivity contribution in [3.8, 4) is 0 Å². The largest absolute Gasteiger partial charge is 0.450 e. The normalized spacial score (nSPS) is 31.0. The average molecular weight is 351 g/mol. The number of fused-ring (bicyclic) bond motifs is 2. The molecule has 2 fully saturated rings. The van der Waals surface area contributed by atoms with Crippen LogP contribution in [0.2, 0.25) is 0 Å². The topological polar surface area (TPSA) is 77.5 Å². The van der Waals surface area contributed by atoms with E-state index >= 15 is 0 Å². The van der Waals surface area contributed by atoms with Crippen LogP contribution < -0.4 is 11.1 Å². The van der Waals surface area contributed by atoms with Crippen LogP contribution in [-0.4, -0.2) is 30.7 Å². The fourth-order valence-corrected chi connectivity index (χ4v) is 3.75. The van der Waals surface area contributed by atoms with Crippen LogP contribution in [0, 0.1) is 5.92 Å². The van der Waals surface area contributed by atoms with Gasteiger partial charge in [0.15, 0.2) is 5.76 Å². The quantitative estimate of drug-likeness (QED) is 0.868. The van der Waals surface area contributed by atoms with Gasteiger partial charge < -0.3 is 20.2 Å². The number of halogens is 1. The van der Waals surface area contributed by atoms with Crippen molar-refractivity contribution in [2.24, 2.45) is 11.7 Å². The number of rotatable bonds is 2. The molecule has 1 aromatic heterocycles. The molecule has 4 rings (SSSR count). The predicted molar refractivity (Wildman–Crippen MR) is 81.0 cm³/mol. The van der Waals surface area contributed by atoms with Crippen LogP contribution >= 0.6 is 15.9 Å². The maximum atomic E-state index is 12.3. The second-order valence-electron chi connectivity index (χ2n) is 5.63. The molecule has 21 heavy (non-hydrogen) atoms. The Hall–Kier alpha value is -1.37. The van der Waals surface area contributed by atoms with E-state index in [0.717, 1.165) is 22.9 Å². The van der Waals surface area contributed by atoms with Gasteiger partial charge in [0.2, 0.25) is 0 Å². The summed E-state index contributed by atoms with van der Waals surface area (Å²) in [6.45, 7) is 0.729. The van der Waals surface area contributed by atoms with Gasteiger partial charge in [0.1, 0.15) is 5.58 Å². The number of carbonyl (C=O) groups is 1. The first-order chi connectivity index (χ1) is 10.1. The molecule has 1 aliphatic heterocycles. The molecule has 4 unspecified atom stereocenters. The Labute approximate surface area is 129 Å². The van der Waals surface area contributed by atoms with Crippen LogP contribution in [0.15, 0.2) is 33.2 Å². The number of hydrogen-bond donors (Lipinski definition) is 2. The summed E-state index contributed by atoms with van der Waals surface area (Å²) in [5, 5.41) is 3.83. The Balaban J connectivity index is 1.55. The molecule has 1 aromatic carbocycles. The Morgan fingerprint density at radius 1 is 1.43 bits per heavy atom. The Morgan fingerprint density at radius 3 is 3.10 bits per heavy atom. The summed E-state index contributed by atoms with van der Waals surface area (Å²) < 4.78 is 12.1. The molecule has 6 heteroatoms. The number of nitrogens with one attached hydrogen (secondary N) is 1. The third-order valence-corrected chi connectivity index (χ3v) is 5.09. The minimum atomic E-state index is -0.243. The minimum absolute atomic E-state index is 0.0300. The summed E-state index contributed by atoms with van der Waals surface area (Å²) in [5.74, 6) is 0.429. The van der Waals surface area contributed by atoms with Crippen LogP contribution in [-0.2, 0) is 4.74 Å². The number of nitrogens with two attached hydrogens (primary N) is 1. The average Bonchev–Trinajstić information content (AvgIpc) is 3.09. The van der Waals surface area contributed by atoms with Gasteiger partial charge in [-0.25, -0.2) is 0 Å². The van der Waals surface area contributed by atoms with E-state index in [1.807, 2.05) is 18.2 Å². The van der Waals surface area contributed by atoms with E-state index in [2.05, 4.69) is 21.2 Å². The maximum absolute atomic E-state index is 12.3. The molecule has 1 saturated heterocycles. The Bertz CT molecular complexity index is 714. The summed E-state index contributed by atoms with van der Waals surface area (Å²) >= 11 is 3.42. The summed E-state index contributed by atoms with van der Waals surface area (Å²) in [5.41, 5.74) is 6.78. The summed E-state index contributed by atoms with van der Waals surface area (Å²) in [7, 11) is 0. The molecule has 0 radical (unpaired) electrons. The first-order valence-electron chi connectivity index (χ1n) is 7.01. The molecular weight excluding hydrogens is 336 g/mol. The lowest BCUT2D eigenvalue weighted by Gasteiger charge is -2.45. The molecule has 1 aliphatic carbocycles. The maximum Gasteiger partial charge on any atom is 0.287 e. The van der Waals surface area contributed by atoms with Crippen LogP contribution in [0.25, 0.3) is 11.0 Å². The van der Waals surface area contributed by atoms with Gasteiger partial charge in [0.05, 0.1) is 16.6 Å². The zero-order valence-electron chi connectivity index (χ0n) is 11.2. The van der Waals surface area contributed by atoms with Crippen LogP contribution in [0.5, 0.6) is 0 Å². The highest BCUT2D eigenvalue weighted by molar-refractivity contribution is 9.10. The molecular formula is C15H15BrN2O3. The van der Waals surface area contributed by atoms with Crippen molar-refractivity contribution in [3.63, 3.8) is 0 Å². The second-order valence-corrected chi connectivity index (χ2v) is 6.49. The highest BCUT2D eigenvalue weighted by Gasteiger charge is 2.52. The lowest BCUT2D eigenvalue weighted by Crippen LogP contribution is -2.68. The van der Waals surface area contributed by atoms with Gasteiger partial charge in [-0.1, -0.05) is 12.1 Å². The van der Waals surface area contributed by atoms with Gasteiger partial charge in [-0.15, -0.1) is 0 Å². The monoisotopic (exact) mass is 350 g/mol. The van der Waals surface area contributed by atoms with E-state index in [4.69, 9.17) is 14.9 Å². The van der Waals surface area contributed by atoms with E-state index in [1.165, 1.54) is 0 Å². The van der Waals surface area contributed by atoms with Crippen molar-refractivity contribution in [2.45, 2.75) is 24.6 Å². The molecule has 2 heterocycles. The highest BCUT2D eigenvalue weighted by atomic mass is 79.9. The van der Waals surface area contributed by atoms with Crippen molar-refractivity contribution < 1.29 is 13.9 Å². The second kappa shape index (κ2) is 4.83. The molecule has 0 bridgehead atoms. The van der Waals surface area contributed by atoms with Crippen LogP contribution in [0.4, 0.5) is 0 Å². The lowest BCUT2D eigenvalue weighted by atomic mass is 9.72. The van der Waals surface area contributed by atoms with Gasteiger partial charge in [0, 0.05) is 24.0 Å². The molecule has 3 N–H and O–H groups in total. The van der Waals surface area contributed by atoms with Gasteiger partial charge >= 0.3 is 0 Å². The van der Waals surface area contributed by atoms with E-state index in [9.17, 15) is 4.79 Å². The molecule has 1 amide bonds. The molecule has 0 spiro atoms. The van der Waals surface area contributed by atoms with Crippen molar-refractivity contribution >= 4 is 32.8 Å². The number of furan rings is 1. The number of hydrogen-bond acceptors (Lipinski definition) is 4. The summed E-state index contributed by atoms with van der Waals surface area (Å²) in [6, 6.07) is 7.28. The third kappa shape index (κ3) is 2.01. The number of carbonyl (C=O) groups excluding carboxylic acids is 1. The molecule has 4 atom stereocenters. The van der Waals surface area contributed by atoms with E-state index in [0.29, 0.717) is 17.3 Å². The van der Waals surface area contributed by atoms with Crippen molar-refractivity contribution in [2.75, 3.05) is 6.61 Å². The Morgan fingerprint density at radius 2 is 2.29 bits per heavy atom. The van der Waals surface area contributed by atoms with E-state index in [1.54, 1.807) is 6.07 Å². The summed E-state index contributed by atoms with van der Waals surface area (Å²) in [6.07, 6.45) is 1.04. The summed E-state index contributed by atoms with van der Waals surface area (Å²) in [4.78, 5) is 12.3. The smallest absolute Gasteiger partial charge is 0.287 e. The molecule has 110 valence electrons. The zero-order valence-corrected chi connectivity index (χ0v) is 12.8. The number of benzene rings is 1. The predicted octanol–water partition coefficient (Wildman–Crippen LogP) is 2.04. The third-order valence-electron chi connectivity index (χ3n) is 4.46. The van der Waals surface area contributed by atoms with Crippen molar-refractivity contribution in [1.29, 1.82) is 0 Å². The van der Waals surface area contributed by atoms with Crippen LogP contribution in [0.1, 0.15) is 17.0 Å². The molecule has 2 aromatic rings. The van der Waals surface area contributed by atoms with Crippen molar-refractivity contribution in [1.82, 2.24) is 5.32 Å². The fourth-order valence-electron chi connectivity index (χ4n) is 3.29. The fraction of sp³-hybridized carbons (Fsp3) is 0.400. The van der Waals surface area contributed by atoms with E-state index < -0.39 is 0 Å². The molecule has 2 aliphatic rings. The lowest BCUT2D eigenvalue weighted by molar-refractivity contribution is -0.0164. The van der Waals surface area contributed by atoms with Gasteiger partial charge in [-0.05, 0) is 34.5 Å². The van der Waals surface area contributed by atoms with E-state index in [-0.39, 0.29) is 24.1 Å². The molecule has 1 saturated carbocycles. The number of amides is 1. The zero-order chi connectivity index (χ0) is 14.6. The standard InChI is InChI=1S/C15H15BrN2O3/c16-9-3-1-2-7-6-10(21-13(7)9)15(19)18-12-11(17)8-4-5-20-14(8)12/h1-3,6,8,11-12,14H,4-5,17H2,(H,18,19). The minimum Gasteiger partial charge on any atom is -0.450 e. The first-order valence-corrected chi connectivity index (χ1v) is 7.80. The SMILES string of the molecule is NC1C2CCOC2C1NC(=O)c1cc2cccc(Br)c2o1. The van der Waals surface area contributed by atoms with Gasteiger partial charge in [-0.2, -0.15) is 0 Å². The van der Waals surface area contributed by atoms with Crippen molar-refractivity contribution in [3.05, 3.63) is 34.5 Å². The number of ether oxygens (including phenoxy) is 1. The number of para-hydroxylation sites is 1.